The summed E-state index contributed by atoms with van der Waals surface area (Å²) in [4.78, 5) is 10.8. The number of aliphatic carboxylic acids is 1. The van der Waals surface area contributed by atoms with Gasteiger partial charge >= 0.3 is 5.97 Å². The van der Waals surface area contributed by atoms with Crippen LogP contribution in [0.1, 0.15) is 52.4 Å². The summed E-state index contributed by atoms with van der Waals surface area (Å²) in [5.41, 5.74) is 0.321. The third-order valence-corrected chi connectivity index (χ3v) is 3.54. The monoisotopic (exact) mass is 213 g/mol. The molecule has 2 N–H and O–H groups in total. The van der Waals surface area contributed by atoms with E-state index in [9.17, 15) is 4.79 Å². The van der Waals surface area contributed by atoms with Gasteiger partial charge in [-0.3, -0.25) is 4.79 Å². The van der Waals surface area contributed by atoms with E-state index in [-0.39, 0.29) is 6.04 Å². The zero-order valence-corrected chi connectivity index (χ0v) is 9.88. The molecule has 1 aliphatic carbocycles. The molecule has 1 atom stereocenters. The predicted octanol–water partition coefficient (Wildman–Crippen LogP) is 2.41. The number of hydrogen-bond donors (Lipinski definition) is 2. The minimum atomic E-state index is -0.725. The van der Waals surface area contributed by atoms with Crippen molar-refractivity contribution in [1.29, 1.82) is 0 Å². The van der Waals surface area contributed by atoms with Gasteiger partial charge in [-0.15, -0.1) is 0 Å². The van der Waals surface area contributed by atoms with Gasteiger partial charge in [-0.2, -0.15) is 0 Å². The van der Waals surface area contributed by atoms with Crippen molar-refractivity contribution in [2.24, 2.45) is 5.41 Å². The van der Waals surface area contributed by atoms with Crippen LogP contribution in [-0.4, -0.2) is 23.7 Å². The first-order valence-corrected chi connectivity index (χ1v) is 6.03. The van der Waals surface area contributed by atoms with Crippen LogP contribution in [0.3, 0.4) is 0 Å². The lowest BCUT2D eigenvalue weighted by molar-refractivity contribution is -0.139. The maximum Gasteiger partial charge on any atom is 0.320 e. The SMILES string of the molecule is CCC(NCC1(C)CCCCC1)C(=O)O. The molecule has 1 rings (SSSR count). The number of nitrogens with one attached hydrogen (secondary N) is 1. The quantitative estimate of drug-likeness (QED) is 0.737. The fourth-order valence-corrected chi connectivity index (χ4v) is 2.36. The van der Waals surface area contributed by atoms with Crippen LogP contribution in [0.25, 0.3) is 0 Å². The summed E-state index contributed by atoms with van der Waals surface area (Å²) in [6.07, 6.45) is 7.05. The summed E-state index contributed by atoms with van der Waals surface area (Å²) in [6.45, 7) is 5.03. The second kappa shape index (κ2) is 5.50. The second-order valence-electron chi connectivity index (χ2n) is 5.05. The van der Waals surface area contributed by atoms with Crippen molar-refractivity contribution in [1.82, 2.24) is 5.32 Å². The summed E-state index contributed by atoms with van der Waals surface area (Å²) in [5, 5.41) is 12.1. The summed E-state index contributed by atoms with van der Waals surface area (Å²) < 4.78 is 0. The van der Waals surface area contributed by atoms with Gasteiger partial charge < -0.3 is 10.4 Å². The molecule has 1 unspecified atom stereocenters. The normalized spacial score (nSPS) is 22.3. The van der Waals surface area contributed by atoms with Crippen LogP contribution in [0, 0.1) is 5.41 Å². The Morgan fingerprint density at radius 2 is 2.00 bits per heavy atom. The molecule has 0 spiro atoms. The zero-order valence-electron chi connectivity index (χ0n) is 9.88. The summed E-state index contributed by atoms with van der Waals surface area (Å²) in [5.74, 6) is -0.725. The Balaban J connectivity index is 2.36. The Labute approximate surface area is 92.3 Å². The Morgan fingerprint density at radius 1 is 1.40 bits per heavy atom. The van der Waals surface area contributed by atoms with E-state index in [0.717, 1.165) is 6.54 Å². The van der Waals surface area contributed by atoms with Gasteiger partial charge in [0.05, 0.1) is 0 Å². The molecule has 0 bridgehead atoms. The first-order chi connectivity index (χ1) is 7.07. The Hall–Kier alpha value is -0.570. The molecule has 0 amide bonds. The molecule has 0 radical (unpaired) electrons. The molecule has 0 aromatic rings. The highest BCUT2D eigenvalue weighted by Crippen LogP contribution is 2.35. The van der Waals surface area contributed by atoms with Crippen molar-refractivity contribution in [3.05, 3.63) is 0 Å². The van der Waals surface area contributed by atoms with Crippen LogP contribution < -0.4 is 5.32 Å². The van der Waals surface area contributed by atoms with E-state index >= 15 is 0 Å². The number of hydrogen-bond acceptors (Lipinski definition) is 2. The zero-order chi connectivity index (χ0) is 11.3. The first-order valence-electron chi connectivity index (χ1n) is 6.03. The van der Waals surface area contributed by atoms with E-state index in [1.807, 2.05) is 6.92 Å². The molecule has 0 heterocycles. The van der Waals surface area contributed by atoms with Crippen molar-refractivity contribution in [3.8, 4) is 0 Å². The van der Waals surface area contributed by atoms with Gasteiger partial charge in [-0.05, 0) is 24.7 Å². The average molecular weight is 213 g/mol. The van der Waals surface area contributed by atoms with E-state index in [0.29, 0.717) is 11.8 Å². The second-order valence-corrected chi connectivity index (χ2v) is 5.05. The van der Waals surface area contributed by atoms with Crippen LogP contribution in [0.5, 0.6) is 0 Å². The van der Waals surface area contributed by atoms with Crippen LogP contribution >= 0.6 is 0 Å². The van der Waals surface area contributed by atoms with Crippen molar-refractivity contribution >= 4 is 5.97 Å². The van der Waals surface area contributed by atoms with E-state index < -0.39 is 5.97 Å². The van der Waals surface area contributed by atoms with E-state index in [1.165, 1.54) is 32.1 Å². The first kappa shape index (κ1) is 12.5. The third kappa shape index (κ3) is 3.82. The van der Waals surface area contributed by atoms with Crippen LogP contribution in [-0.2, 0) is 4.79 Å². The number of rotatable bonds is 5. The molecule has 1 saturated carbocycles. The van der Waals surface area contributed by atoms with Crippen LogP contribution in [0.15, 0.2) is 0 Å². The average Bonchev–Trinajstić information content (AvgIpc) is 2.19. The molecule has 3 nitrogen and oxygen atoms in total. The van der Waals surface area contributed by atoms with E-state index in [4.69, 9.17) is 5.11 Å². The van der Waals surface area contributed by atoms with Gasteiger partial charge in [-0.25, -0.2) is 0 Å². The minimum Gasteiger partial charge on any atom is -0.480 e. The molecule has 15 heavy (non-hydrogen) atoms. The fraction of sp³-hybridized carbons (Fsp3) is 0.917. The largest absolute Gasteiger partial charge is 0.480 e. The number of carbonyl (C=O) groups is 1. The number of carboxylic acid groups (broad SMARTS) is 1. The molecule has 0 aromatic carbocycles. The maximum absolute atomic E-state index is 10.8. The van der Waals surface area contributed by atoms with E-state index in [2.05, 4.69) is 12.2 Å². The molecular weight excluding hydrogens is 190 g/mol. The lowest BCUT2D eigenvalue weighted by atomic mass is 9.75. The molecule has 3 heteroatoms. The topological polar surface area (TPSA) is 49.3 Å². The highest BCUT2D eigenvalue weighted by Gasteiger charge is 2.28. The highest BCUT2D eigenvalue weighted by atomic mass is 16.4. The maximum atomic E-state index is 10.8. The Morgan fingerprint density at radius 3 is 2.47 bits per heavy atom. The van der Waals surface area contributed by atoms with Gasteiger partial charge in [0.1, 0.15) is 6.04 Å². The standard InChI is InChI=1S/C12H23NO2/c1-3-10(11(14)15)13-9-12(2)7-5-4-6-8-12/h10,13H,3-9H2,1-2H3,(H,14,15). The van der Waals surface area contributed by atoms with Crippen molar-refractivity contribution in [3.63, 3.8) is 0 Å². The van der Waals surface area contributed by atoms with E-state index in [1.54, 1.807) is 0 Å². The van der Waals surface area contributed by atoms with Crippen LogP contribution in [0.4, 0.5) is 0 Å². The molecule has 0 saturated heterocycles. The smallest absolute Gasteiger partial charge is 0.320 e. The van der Waals surface area contributed by atoms with Gasteiger partial charge in [0.15, 0.2) is 0 Å². The third-order valence-electron chi connectivity index (χ3n) is 3.54. The van der Waals surface area contributed by atoms with Crippen molar-refractivity contribution in [2.75, 3.05) is 6.54 Å². The van der Waals surface area contributed by atoms with Crippen molar-refractivity contribution in [2.45, 2.75) is 58.4 Å². The molecular formula is C12H23NO2. The molecule has 88 valence electrons. The summed E-state index contributed by atoms with van der Waals surface area (Å²) >= 11 is 0. The van der Waals surface area contributed by atoms with Crippen LogP contribution in [0.2, 0.25) is 0 Å². The lowest BCUT2D eigenvalue weighted by Crippen LogP contribution is -2.43. The van der Waals surface area contributed by atoms with Gasteiger partial charge in [0.25, 0.3) is 0 Å². The van der Waals surface area contributed by atoms with Gasteiger partial charge in [0.2, 0.25) is 0 Å². The Kier molecular flexibility index (Phi) is 4.58. The minimum absolute atomic E-state index is 0.321. The van der Waals surface area contributed by atoms with Gasteiger partial charge in [-0.1, -0.05) is 33.1 Å². The molecule has 1 aliphatic rings. The summed E-state index contributed by atoms with van der Waals surface area (Å²) in [6, 6.07) is -0.372. The summed E-state index contributed by atoms with van der Waals surface area (Å²) in [7, 11) is 0. The fourth-order valence-electron chi connectivity index (χ4n) is 2.36. The van der Waals surface area contributed by atoms with Gasteiger partial charge in [0, 0.05) is 6.54 Å². The predicted molar refractivity (Wildman–Crippen MR) is 60.9 cm³/mol. The Bertz CT molecular complexity index is 210. The number of carboxylic acids is 1. The molecule has 1 fully saturated rings. The lowest BCUT2D eigenvalue weighted by Gasteiger charge is -2.34. The highest BCUT2D eigenvalue weighted by molar-refractivity contribution is 5.73. The molecule has 0 aromatic heterocycles. The molecule has 0 aliphatic heterocycles. The van der Waals surface area contributed by atoms with Crippen molar-refractivity contribution < 1.29 is 9.90 Å².